The predicted octanol–water partition coefficient (Wildman–Crippen LogP) is 1.88. The molecule has 1 aliphatic heterocycles. The lowest BCUT2D eigenvalue weighted by molar-refractivity contribution is -0.126. The Morgan fingerprint density at radius 1 is 1.72 bits per heavy atom. The lowest BCUT2D eigenvalue weighted by Crippen LogP contribution is -2.41. The van der Waals surface area contributed by atoms with E-state index < -0.39 is 0 Å². The number of carbonyl (C=O) groups is 1. The summed E-state index contributed by atoms with van der Waals surface area (Å²) in [6.45, 7) is 5.96. The van der Waals surface area contributed by atoms with Gasteiger partial charge in [0.25, 0.3) is 0 Å². The van der Waals surface area contributed by atoms with Gasteiger partial charge in [0.15, 0.2) is 0 Å². The molecule has 0 aliphatic carbocycles. The van der Waals surface area contributed by atoms with Crippen molar-refractivity contribution in [2.24, 2.45) is 5.92 Å². The number of rotatable bonds is 4. The summed E-state index contributed by atoms with van der Waals surface area (Å²) in [6.07, 6.45) is 4.99. The zero-order valence-electron chi connectivity index (χ0n) is 11.0. The van der Waals surface area contributed by atoms with E-state index in [1.54, 1.807) is 11.3 Å². The fraction of sp³-hybridized carbons (Fsp3) is 0.692. The molecule has 0 saturated carbocycles. The van der Waals surface area contributed by atoms with Crippen molar-refractivity contribution < 1.29 is 4.79 Å². The van der Waals surface area contributed by atoms with Gasteiger partial charge in [-0.15, -0.1) is 11.3 Å². The summed E-state index contributed by atoms with van der Waals surface area (Å²) >= 11 is 1.69. The second kappa shape index (κ2) is 6.29. The molecule has 1 aromatic rings. The monoisotopic (exact) mass is 267 g/mol. The first-order chi connectivity index (χ1) is 8.70. The van der Waals surface area contributed by atoms with Crippen molar-refractivity contribution >= 4 is 17.2 Å². The zero-order valence-corrected chi connectivity index (χ0v) is 11.8. The van der Waals surface area contributed by atoms with E-state index in [2.05, 4.69) is 22.5 Å². The van der Waals surface area contributed by atoms with Crippen LogP contribution in [0, 0.1) is 5.92 Å². The second-order valence-corrected chi connectivity index (χ2v) is 5.94. The average Bonchev–Trinajstić information content (AvgIpc) is 2.88. The Hall–Kier alpha value is -0.940. The van der Waals surface area contributed by atoms with E-state index in [1.807, 2.05) is 13.1 Å². The Labute approximate surface area is 112 Å². The summed E-state index contributed by atoms with van der Waals surface area (Å²) in [5, 5.41) is 7.34. The van der Waals surface area contributed by atoms with E-state index in [0.29, 0.717) is 0 Å². The Kier molecular flexibility index (Phi) is 4.72. The lowest BCUT2D eigenvalue weighted by atomic mass is 9.98. The third kappa shape index (κ3) is 3.29. The Morgan fingerprint density at radius 2 is 2.56 bits per heavy atom. The average molecular weight is 267 g/mol. The van der Waals surface area contributed by atoms with Crippen LogP contribution in [0.1, 0.15) is 42.6 Å². The van der Waals surface area contributed by atoms with Crippen LogP contribution in [0.15, 0.2) is 6.20 Å². The van der Waals surface area contributed by atoms with E-state index in [0.717, 1.165) is 37.4 Å². The Balaban J connectivity index is 1.89. The molecule has 0 aromatic carbocycles. The molecule has 1 amide bonds. The smallest absolute Gasteiger partial charge is 0.224 e. The highest BCUT2D eigenvalue weighted by Crippen LogP contribution is 2.21. The molecule has 1 aromatic heterocycles. The van der Waals surface area contributed by atoms with Crippen LogP contribution in [0.4, 0.5) is 0 Å². The molecule has 1 unspecified atom stereocenters. The molecule has 4 nitrogen and oxygen atoms in total. The molecule has 0 bridgehead atoms. The first-order valence-electron chi connectivity index (χ1n) is 6.66. The van der Waals surface area contributed by atoms with Gasteiger partial charge in [-0.2, -0.15) is 0 Å². The van der Waals surface area contributed by atoms with Crippen molar-refractivity contribution in [2.45, 2.75) is 39.2 Å². The molecule has 0 radical (unpaired) electrons. The quantitative estimate of drug-likeness (QED) is 0.876. The van der Waals surface area contributed by atoms with Crippen molar-refractivity contribution in [1.29, 1.82) is 0 Å². The van der Waals surface area contributed by atoms with E-state index in [4.69, 9.17) is 0 Å². The number of carbonyl (C=O) groups excluding carboxylic acids is 1. The maximum absolute atomic E-state index is 12.1. The van der Waals surface area contributed by atoms with Gasteiger partial charge in [-0.3, -0.25) is 4.79 Å². The van der Waals surface area contributed by atoms with Crippen LogP contribution in [-0.2, 0) is 11.2 Å². The summed E-state index contributed by atoms with van der Waals surface area (Å²) < 4.78 is 0. The molecular formula is C13H21N3OS. The largest absolute Gasteiger partial charge is 0.347 e. The van der Waals surface area contributed by atoms with E-state index in [-0.39, 0.29) is 17.9 Å². The Morgan fingerprint density at radius 3 is 3.17 bits per heavy atom. The van der Waals surface area contributed by atoms with Gasteiger partial charge in [0.1, 0.15) is 5.01 Å². The highest BCUT2D eigenvalue weighted by Gasteiger charge is 2.23. The number of thiazole rings is 1. The third-order valence-corrected chi connectivity index (χ3v) is 4.64. The van der Waals surface area contributed by atoms with Crippen LogP contribution in [0.5, 0.6) is 0 Å². The molecule has 1 fully saturated rings. The number of piperidine rings is 1. The van der Waals surface area contributed by atoms with Crippen molar-refractivity contribution in [3.8, 4) is 0 Å². The third-order valence-electron chi connectivity index (χ3n) is 3.32. The van der Waals surface area contributed by atoms with E-state index >= 15 is 0 Å². The highest BCUT2D eigenvalue weighted by atomic mass is 32.1. The number of aromatic nitrogens is 1. The topological polar surface area (TPSA) is 54.0 Å². The molecule has 1 aliphatic rings. The van der Waals surface area contributed by atoms with Crippen LogP contribution >= 0.6 is 11.3 Å². The summed E-state index contributed by atoms with van der Waals surface area (Å²) in [7, 11) is 0. The molecule has 18 heavy (non-hydrogen) atoms. The molecule has 2 rings (SSSR count). The maximum Gasteiger partial charge on any atom is 0.224 e. The summed E-state index contributed by atoms with van der Waals surface area (Å²) in [5.74, 6) is 0.273. The first kappa shape index (κ1) is 13.5. The molecule has 2 heterocycles. The number of hydrogen-bond acceptors (Lipinski definition) is 4. The Bertz CT molecular complexity index is 399. The van der Waals surface area contributed by atoms with Gasteiger partial charge in [0, 0.05) is 17.6 Å². The van der Waals surface area contributed by atoms with Crippen LogP contribution in [0.2, 0.25) is 0 Å². The molecule has 2 atom stereocenters. The van der Waals surface area contributed by atoms with Gasteiger partial charge in [-0.1, -0.05) is 6.92 Å². The normalized spacial score (nSPS) is 21.6. The van der Waals surface area contributed by atoms with E-state index in [1.165, 1.54) is 4.88 Å². The van der Waals surface area contributed by atoms with Gasteiger partial charge in [0.05, 0.1) is 12.0 Å². The molecule has 1 saturated heterocycles. The van der Waals surface area contributed by atoms with Gasteiger partial charge in [-0.05, 0) is 32.7 Å². The lowest BCUT2D eigenvalue weighted by Gasteiger charge is -2.23. The van der Waals surface area contributed by atoms with Crippen LogP contribution in [-0.4, -0.2) is 24.0 Å². The fourth-order valence-corrected chi connectivity index (χ4v) is 3.01. The number of aryl methyl sites for hydroxylation is 1. The van der Waals surface area contributed by atoms with Gasteiger partial charge < -0.3 is 10.6 Å². The number of nitrogens with zero attached hydrogens (tertiary/aromatic N) is 1. The van der Waals surface area contributed by atoms with Crippen LogP contribution in [0.25, 0.3) is 0 Å². The summed E-state index contributed by atoms with van der Waals surface area (Å²) in [6, 6.07) is 0.0183. The minimum Gasteiger partial charge on any atom is -0.347 e. The standard InChI is InChI=1S/C13H21N3OS/c1-3-11-8-15-13(18-11)9(2)16-12(17)10-5-4-6-14-7-10/h8-10,14H,3-7H2,1-2H3,(H,16,17)/t9?,10-/m0/s1. The number of nitrogens with one attached hydrogen (secondary N) is 2. The van der Waals surface area contributed by atoms with Crippen LogP contribution < -0.4 is 10.6 Å². The molecule has 0 spiro atoms. The minimum atomic E-state index is 0.0183. The van der Waals surface area contributed by atoms with Gasteiger partial charge >= 0.3 is 0 Å². The molecule has 2 N–H and O–H groups in total. The first-order valence-corrected chi connectivity index (χ1v) is 7.48. The maximum atomic E-state index is 12.1. The fourth-order valence-electron chi connectivity index (χ4n) is 2.15. The summed E-state index contributed by atoms with van der Waals surface area (Å²) in [4.78, 5) is 17.7. The molecular weight excluding hydrogens is 246 g/mol. The van der Waals surface area contributed by atoms with Crippen molar-refractivity contribution in [2.75, 3.05) is 13.1 Å². The highest BCUT2D eigenvalue weighted by molar-refractivity contribution is 7.11. The molecule has 100 valence electrons. The predicted molar refractivity (Wildman–Crippen MR) is 73.6 cm³/mol. The van der Waals surface area contributed by atoms with Crippen molar-refractivity contribution in [3.05, 3.63) is 16.1 Å². The number of amides is 1. The van der Waals surface area contributed by atoms with E-state index in [9.17, 15) is 4.79 Å². The second-order valence-electron chi connectivity index (χ2n) is 4.79. The van der Waals surface area contributed by atoms with Crippen LogP contribution in [0.3, 0.4) is 0 Å². The molecule has 5 heteroatoms. The van der Waals surface area contributed by atoms with Gasteiger partial charge in [-0.25, -0.2) is 4.98 Å². The minimum absolute atomic E-state index is 0.0183. The van der Waals surface area contributed by atoms with Crippen molar-refractivity contribution in [3.63, 3.8) is 0 Å². The number of hydrogen-bond donors (Lipinski definition) is 2. The SMILES string of the molecule is CCc1cnc(C(C)NC(=O)[C@H]2CCCNC2)s1. The summed E-state index contributed by atoms with van der Waals surface area (Å²) in [5.41, 5.74) is 0. The van der Waals surface area contributed by atoms with Crippen molar-refractivity contribution in [1.82, 2.24) is 15.6 Å². The zero-order chi connectivity index (χ0) is 13.0. The van der Waals surface area contributed by atoms with Gasteiger partial charge in [0.2, 0.25) is 5.91 Å².